The smallest absolute Gasteiger partial charge is 0.125 e. The summed E-state index contributed by atoms with van der Waals surface area (Å²) in [5.41, 5.74) is 0.914. The molecule has 1 fully saturated rings. The number of rotatable bonds is 5. The third-order valence-electron chi connectivity index (χ3n) is 3.42. The van der Waals surface area contributed by atoms with Gasteiger partial charge in [0.1, 0.15) is 5.82 Å². The molecule has 0 saturated carbocycles. The molecule has 2 atom stereocenters. The van der Waals surface area contributed by atoms with E-state index in [4.69, 9.17) is 4.74 Å². The van der Waals surface area contributed by atoms with E-state index in [0.29, 0.717) is 12.0 Å². The van der Waals surface area contributed by atoms with Gasteiger partial charge in [-0.3, -0.25) is 0 Å². The van der Waals surface area contributed by atoms with Crippen molar-refractivity contribution in [2.75, 3.05) is 38.3 Å². The zero-order valence-corrected chi connectivity index (χ0v) is 11.0. The molecule has 0 amide bonds. The Morgan fingerprint density at radius 3 is 3.00 bits per heavy atom. The van der Waals surface area contributed by atoms with Crippen molar-refractivity contribution in [1.82, 2.24) is 5.32 Å². The molecule has 2 rings (SSSR count). The Balaban J connectivity index is 1.96. The first-order chi connectivity index (χ1) is 8.70. The van der Waals surface area contributed by atoms with Gasteiger partial charge in [0.25, 0.3) is 0 Å². The topological polar surface area (TPSA) is 24.5 Å². The molecule has 2 unspecified atom stereocenters. The van der Waals surface area contributed by atoms with Gasteiger partial charge in [0.2, 0.25) is 0 Å². The predicted molar refractivity (Wildman–Crippen MR) is 71.4 cm³/mol. The molecule has 0 radical (unpaired) electrons. The number of ether oxygens (including phenoxy) is 1. The number of anilines is 1. The molecule has 1 heterocycles. The molecule has 1 saturated heterocycles. The maximum atomic E-state index is 13.2. The molecule has 0 bridgehead atoms. The highest BCUT2D eigenvalue weighted by Crippen LogP contribution is 2.19. The lowest BCUT2D eigenvalue weighted by Crippen LogP contribution is -2.40. The number of nitrogens with one attached hydrogen (secondary N) is 1. The van der Waals surface area contributed by atoms with Crippen LogP contribution >= 0.6 is 0 Å². The Labute approximate surface area is 108 Å². The maximum Gasteiger partial charge on any atom is 0.125 e. The van der Waals surface area contributed by atoms with Gasteiger partial charge in [-0.1, -0.05) is 13.0 Å². The molecule has 0 aromatic heterocycles. The molecule has 1 aliphatic heterocycles. The summed E-state index contributed by atoms with van der Waals surface area (Å²) in [5.74, 6) is 0.267. The summed E-state index contributed by atoms with van der Waals surface area (Å²) in [4.78, 5) is 2.09. The normalized spacial score (nSPS) is 23.3. The van der Waals surface area contributed by atoms with Crippen LogP contribution in [-0.4, -0.2) is 39.4 Å². The van der Waals surface area contributed by atoms with Crippen molar-refractivity contribution in [2.45, 2.75) is 13.0 Å². The highest BCUT2D eigenvalue weighted by Gasteiger charge is 2.28. The standard InChI is InChI=1S/C14H21FN2O/c1-3-16-14-10-18-9-11(14)8-17(2)13-6-4-5-12(15)7-13/h4-7,11,14,16H,3,8-10H2,1-2H3. The first-order valence-electron chi connectivity index (χ1n) is 6.48. The molecule has 0 spiro atoms. The Morgan fingerprint density at radius 2 is 2.28 bits per heavy atom. The molecular weight excluding hydrogens is 231 g/mol. The molecule has 1 aromatic rings. The second-order valence-electron chi connectivity index (χ2n) is 4.82. The third-order valence-corrected chi connectivity index (χ3v) is 3.42. The van der Waals surface area contributed by atoms with Crippen molar-refractivity contribution >= 4 is 5.69 Å². The van der Waals surface area contributed by atoms with Gasteiger partial charge in [0.05, 0.1) is 13.2 Å². The minimum atomic E-state index is -0.190. The van der Waals surface area contributed by atoms with Crippen LogP contribution in [-0.2, 0) is 4.74 Å². The number of hydrogen-bond acceptors (Lipinski definition) is 3. The Bertz CT molecular complexity index is 386. The number of nitrogens with zero attached hydrogens (tertiary/aromatic N) is 1. The van der Waals surface area contributed by atoms with Gasteiger partial charge in [-0.25, -0.2) is 4.39 Å². The maximum absolute atomic E-state index is 13.2. The lowest BCUT2D eigenvalue weighted by atomic mass is 10.0. The van der Waals surface area contributed by atoms with Gasteiger partial charge < -0.3 is 15.0 Å². The average molecular weight is 252 g/mol. The molecular formula is C14H21FN2O. The van der Waals surface area contributed by atoms with Crippen molar-refractivity contribution < 1.29 is 9.13 Å². The molecule has 1 aromatic carbocycles. The van der Waals surface area contributed by atoms with E-state index < -0.39 is 0 Å². The van der Waals surface area contributed by atoms with Crippen molar-refractivity contribution in [1.29, 1.82) is 0 Å². The average Bonchev–Trinajstić information content (AvgIpc) is 2.77. The monoisotopic (exact) mass is 252 g/mol. The number of hydrogen-bond donors (Lipinski definition) is 1. The number of likely N-dealkylation sites (N-methyl/N-ethyl adjacent to an activating group) is 1. The van der Waals surface area contributed by atoms with Gasteiger partial charge in [0.15, 0.2) is 0 Å². The van der Waals surface area contributed by atoms with Crippen LogP contribution in [0.5, 0.6) is 0 Å². The SMILES string of the molecule is CCNC1COCC1CN(C)c1cccc(F)c1. The molecule has 0 aliphatic carbocycles. The van der Waals surface area contributed by atoms with Crippen molar-refractivity contribution in [3.05, 3.63) is 30.1 Å². The first kappa shape index (κ1) is 13.3. The van der Waals surface area contributed by atoms with Crippen molar-refractivity contribution in [3.63, 3.8) is 0 Å². The summed E-state index contributed by atoms with van der Waals surface area (Å²) in [5, 5.41) is 3.44. The van der Waals surface area contributed by atoms with E-state index in [2.05, 4.69) is 17.1 Å². The van der Waals surface area contributed by atoms with Crippen LogP contribution in [0.2, 0.25) is 0 Å². The van der Waals surface area contributed by atoms with Crippen molar-refractivity contribution in [3.8, 4) is 0 Å². The van der Waals surface area contributed by atoms with Crippen LogP contribution in [0.1, 0.15) is 6.92 Å². The van der Waals surface area contributed by atoms with Gasteiger partial charge in [-0.2, -0.15) is 0 Å². The molecule has 100 valence electrons. The van der Waals surface area contributed by atoms with E-state index in [9.17, 15) is 4.39 Å². The summed E-state index contributed by atoms with van der Waals surface area (Å²) in [6.07, 6.45) is 0. The van der Waals surface area contributed by atoms with Gasteiger partial charge >= 0.3 is 0 Å². The zero-order valence-electron chi connectivity index (χ0n) is 11.0. The predicted octanol–water partition coefficient (Wildman–Crippen LogP) is 1.89. The Morgan fingerprint density at radius 1 is 1.44 bits per heavy atom. The van der Waals surface area contributed by atoms with Crippen LogP contribution < -0.4 is 10.2 Å². The second-order valence-corrected chi connectivity index (χ2v) is 4.82. The molecule has 18 heavy (non-hydrogen) atoms. The fraction of sp³-hybridized carbons (Fsp3) is 0.571. The fourth-order valence-corrected chi connectivity index (χ4v) is 2.44. The summed E-state index contributed by atoms with van der Waals surface area (Å²) < 4.78 is 18.7. The minimum Gasteiger partial charge on any atom is -0.379 e. The molecule has 1 N–H and O–H groups in total. The number of benzene rings is 1. The van der Waals surface area contributed by atoms with Crippen LogP contribution in [0.4, 0.5) is 10.1 Å². The van der Waals surface area contributed by atoms with E-state index in [-0.39, 0.29) is 5.82 Å². The minimum absolute atomic E-state index is 0.190. The van der Waals surface area contributed by atoms with Gasteiger partial charge in [-0.05, 0) is 24.7 Å². The van der Waals surface area contributed by atoms with Gasteiger partial charge in [-0.15, -0.1) is 0 Å². The second kappa shape index (κ2) is 6.16. The van der Waals surface area contributed by atoms with Crippen molar-refractivity contribution in [2.24, 2.45) is 5.92 Å². The lowest BCUT2D eigenvalue weighted by molar-refractivity contribution is 0.183. The molecule has 4 heteroatoms. The number of halogens is 1. The van der Waals surface area contributed by atoms with E-state index in [1.807, 2.05) is 13.1 Å². The van der Waals surface area contributed by atoms with E-state index >= 15 is 0 Å². The van der Waals surface area contributed by atoms with Crippen LogP contribution in [0, 0.1) is 11.7 Å². The van der Waals surface area contributed by atoms with E-state index in [1.54, 1.807) is 12.1 Å². The Hall–Kier alpha value is -1.13. The summed E-state index contributed by atoms with van der Waals surface area (Å²) in [6, 6.07) is 7.12. The molecule has 1 aliphatic rings. The van der Waals surface area contributed by atoms with Crippen LogP contribution in [0.15, 0.2) is 24.3 Å². The van der Waals surface area contributed by atoms with Crippen LogP contribution in [0.3, 0.4) is 0 Å². The first-order valence-corrected chi connectivity index (χ1v) is 6.48. The van der Waals surface area contributed by atoms with E-state index in [1.165, 1.54) is 6.07 Å². The quantitative estimate of drug-likeness (QED) is 0.866. The lowest BCUT2D eigenvalue weighted by Gasteiger charge is -2.26. The zero-order chi connectivity index (χ0) is 13.0. The van der Waals surface area contributed by atoms with E-state index in [0.717, 1.165) is 32.0 Å². The fourth-order valence-electron chi connectivity index (χ4n) is 2.44. The highest BCUT2D eigenvalue weighted by molar-refractivity contribution is 5.45. The summed E-state index contributed by atoms with van der Waals surface area (Å²) in [7, 11) is 2.00. The van der Waals surface area contributed by atoms with Gasteiger partial charge in [0, 0.05) is 31.2 Å². The highest BCUT2D eigenvalue weighted by atomic mass is 19.1. The van der Waals surface area contributed by atoms with Crippen LogP contribution in [0.25, 0.3) is 0 Å². The molecule has 3 nitrogen and oxygen atoms in total. The summed E-state index contributed by atoms with van der Waals surface area (Å²) >= 11 is 0. The summed E-state index contributed by atoms with van der Waals surface area (Å²) in [6.45, 7) is 5.48. The largest absolute Gasteiger partial charge is 0.379 e. The third kappa shape index (κ3) is 3.21. The Kier molecular flexibility index (Phi) is 4.55.